The summed E-state index contributed by atoms with van der Waals surface area (Å²) in [7, 11) is -3.96. The van der Waals surface area contributed by atoms with Gasteiger partial charge in [-0.05, 0) is 59.5 Å². The summed E-state index contributed by atoms with van der Waals surface area (Å²) in [5.41, 5.74) is 0.367. The van der Waals surface area contributed by atoms with Gasteiger partial charge in [-0.1, -0.05) is 51.1 Å². The van der Waals surface area contributed by atoms with Gasteiger partial charge in [0.2, 0.25) is 10.0 Å². The molecule has 0 atom stereocenters. The molecule has 0 saturated heterocycles. The maximum Gasteiger partial charge on any atom is 0.393 e. The van der Waals surface area contributed by atoms with Gasteiger partial charge in [-0.15, -0.1) is 0 Å². The minimum atomic E-state index is -4.48. The molecule has 0 radical (unpaired) electrons. The van der Waals surface area contributed by atoms with Crippen LogP contribution in [0.15, 0.2) is 65.6 Å². The van der Waals surface area contributed by atoms with Crippen LogP contribution in [0.1, 0.15) is 56.4 Å². The number of amidine groups is 2. The Kier molecular flexibility index (Phi) is 9.69. The van der Waals surface area contributed by atoms with E-state index in [4.69, 9.17) is 20.3 Å². The molecule has 8 nitrogen and oxygen atoms in total. The SMILES string of the molecule is CCOCCCNS(=O)(=O)c1cccc(Oc2c(C(C)(C)C)c(F)cc3cc4c(c(-c5cccc(CC(F)(F)F)c5)c23)C(=N)NC4=N)c1. The number of hydrogen-bond acceptors (Lipinski definition) is 6. The Bertz CT molecular complexity index is 2020. The zero-order chi connectivity index (χ0) is 35.0. The third-order valence-electron chi connectivity index (χ3n) is 7.77. The van der Waals surface area contributed by atoms with Crippen molar-refractivity contribution in [1.29, 1.82) is 10.8 Å². The van der Waals surface area contributed by atoms with Gasteiger partial charge < -0.3 is 14.8 Å². The molecule has 0 aromatic heterocycles. The Balaban J connectivity index is 1.75. The van der Waals surface area contributed by atoms with Crippen LogP contribution in [0.4, 0.5) is 17.6 Å². The number of ether oxygens (including phenoxy) is 2. The summed E-state index contributed by atoms with van der Waals surface area (Å²) < 4.78 is 97.0. The van der Waals surface area contributed by atoms with Crippen molar-refractivity contribution in [1.82, 2.24) is 10.0 Å². The van der Waals surface area contributed by atoms with Crippen LogP contribution in [0, 0.1) is 16.6 Å². The standard InChI is InChI=1S/C35H36F4N4O4S/c1-5-46-14-8-13-42-48(44,45)24-12-7-11-23(18-24)47-31-28-22(17-26(36)30(31)34(2,3)4)16-25-29(33(41)43-32(25)40)27(28)21-10-6-9-20(15-21)19-35(37,38)39/h6-7,9-12,15-18,42H,5,8,13-14,19H2,1-4H3,(H3,40,41,43). The molecule has 13 heteroatoms. The predicted octanol–water partition coefficient (Wildman–Crippen LogP) is 7.80. The van der Waals surface area contributed by atoms with E-state index in [1.165, 1.54) is 48.5 Å². The average molecular weight is 685 g/mol. The van der Waals surface area contributed by atoms with Crippen molar-refractivity contribution in [2.75, 3.05) is 19.8 Å². The Morgan fingerprint density at radius 3 is 2.35 bits per heavy atom. The van der Waals surface area contributed by atoms with E-state index < -0.39 is 33.9 Å². The van der Waals surface area contributed by atoms with Gasteiger partial charge in [0.15, 0.2) is 0 Å². The van der Waals surface area contributed by atoms with Crippen LogP contribution in [0.25, 0.3) is 21.9 Å². The van der Waals surface area contributed by atoms with Crippen LogP contribution in [0.3, 0.4) is 0 Å². The second-order valence-electron chi connectivity index (χ2n) is 12.5. The Morgan fingerprint density at radius 1 is 0.938 bits per heavy atom. The van der Waals surface area contributed by atoms with Gasteiger partial charge in [0.1, 0.15) is 29.0 Å². The summed E-state index contributed by atoms with van der Waals surface area (Å²) in [5.74, 6) is -0.804. The van der Waals surface area contributed by atoms with E-state index in [9.17, 15) is 21.6 Å². The molecule has 5 rings (SSSR count). The molecule has 0 aliphatic carbocycles. The lowest BCUT2D eigenvalue weighted by Crippen LogP contribution is -2.25. The highest BCUT2D eigenvalue weighted by molar-refractivity contribution is 7.89. The maximum atomic E-state index is 16.2. The Hall–Kier alpha value is -4.33. The Morgan fingerprint density at radius 2 is 1.67 bits per heavy atom. The van der Waals surface area contributed by atoms with Crippen molar-refractivity contribution >= 4 is 32.5 Å². The molecule has 4 N–H and O–H groups in total. The first kappa shape index (κ1) is 35.0. The smallest absolute Gasteiger partial charge is 0.393 e. The largest absolute Gasteiger partial charge is 0.456 e. The first-order valence-corrected chi connectivity index (χ1v) is 16.8. The molecule has 1 aliphatic rings. The molecule has 1 aliphatic heterocycles. The molecular formula is C35H36F4N4O4S. The molecule has 0 spiro atoms. The molecular weight excluding hydrogens is 648 g/mol. The van der Waals surface area contributed by atoms with E-state index in [0.717, 1.165) is 0 Å². The topological polar surface area (TPSA) is 124 Å². The van der Waals surface area contributed by atoms with Crippen molar-refractivity contribution in [2.24, 2.45) is 0 Å². The van der Waals surface area contributed by atoms with Crippen LogP contribution in [0.5, 0.6) is 11.5 Å². The van der Waals surface area contributed by atoms with Gasteiger partial charge in [-0.3, -0.25) is 10.8 Å². The van der Waals surface area contributed by atoms with E-state index in [-0.39, 0.29) is 67.8 Å². The number of alkyl halides is 3. The first-order valence-electron chi connectivity index (χ1n) is 15.3. The van der Waals surface area contributed by atoms with E-state index in [1.807, 2.05) is 6.92 Å². The fourth-order valence-electron chi connectivity index (χ4n) is 5.81. The van der Waals surface area contributed by atoms with Gasteiger partial charge >= 0.3 is 6.18 Å². The summed E-state index contributed by atoms with van der Waals surface area (Å²) in [6.07, 6.45) is -5.20. The molecule has 254 valence electrons. The third-order valence-corrected chi connectivity index (χ3v) is 9.23. The molecule has 48 heavy (non-hydrogen) atoms. The van der Waals surface area contributed by atoms with Crippen molar-refractivity contribution in [3.8, 4) is 22.6 Å². The number of nitrogens with one attached hydrogen (secondary N) is 4. The van der Waals surface area contributed by atoms with Crippen molar-refractivity contribution in [3.63, 3.8) is 0 Å². The van der Waals surface area contributed by atoms with Crippen molar-refractivity contribution in [3.05, 3.63) is 88.7 Å². The average Bonchev–Trinajstić information content (AvgIpc) is 3.26. The number of sulfonamides is 1. The molecule has 0 unspecified atom stereocenters. The quantitative estimate of drug-likeness (QED) is 0.0949. The Labute approximate surface area is 276 Å². The van der Waals surface area contributed by atoms with Gasteiger partial charge in [0, 0.05) is 53.5 Å². The van der Waals surface area contributed by atoms with E-state index in [1.54, 1.807) is 32.9 Å². The van der Waals surface area contributed by atoms with Gasteiger partial charge in [-0.25, -0.2) is 17.5 Å². The summed E-state index contributed by atoms with van der Waals surface area (Å²) >= 11 is 0. The summed E-state index contributed by atoms with van der Waals surface area (Å²) in [6.45, 7) is 8.21. The fraction of sp³-hybridized carbons (Fsp3) is 0.314. The second kappa shape index (κ2) is 13.3. The maximum absolute atomic E-state index is 16.2. The van der Waals surface area contributed by atoms with Crippen molar-refractivity contribution in [2.45, 2.75) is 57.0 Å². The lowest BCUT2D eigenvalue weighted by molar-refractivity contribution is -0.127. The molecule has 0 amide bonds. The number of benzene rings is 4. The number of rotatable bonds is 11. The van der Waals surface area contributed by atoms with Crippen LogP contribution >= 0.6 is 0 Å². The lowest BCUT2D eigenvalue weighted by atomic mass is 9.81. The summed E-state index contributed by atoms with van der Waals surface area (Å²) in [4.78, 5) is -0.0881. The number of fused-ring (bicyclic) bond motifs is 2. The predicted molar refractivity (Wildman–Crippen MR) is 177 cm³/mol. The normalized spacial score (nSPS) is 13.6. The zero-order valence-electron chi connectivity index (χ0n) is 26.9. The highest BCUT2D eigenvalue weighted by Gasteiger charge is 2.34. The molecule has 0 fully saturated rings. The zero-order valence-corrected chi connectivity index (χ0v) is 27.7. The monoisotopic (exact) mass is 684 g/mol. The molecule has 4 aromatic carbocycles. The molecule has 0 bridgehead atoms. The van der Waals surface area contributed by atoms with Gasteiger partial charge in [-0.2, -0.15) is 13.2 Å². The fourth-order valence-corrected chi connectivity index (χ4v) is 6.91. The van der Waals surface area contributed by atoms with Crippen LogP contribution in [-0.2, 0) is 26.6 Å². The van der Waals surface area contributed by atoms with Crippen LogP contribution < -0.4 is 14.8 Å². The minimum Gasteiger partial charge on any atom is -0.456 e. The number of halogens is 4. The summed E-state index contributed by atoms with van der Waals surface area (Å²) in [6, 6.07) is 14.3. The van der Waals surface area contributed by atoms with E-state index in [2.05, 4.69) is 10.0 Å². The van der Waals surface area contributed by atoms with Crippen LogP contribution in [-0.4, -0.2) is 46.0 Å². The lowest BCUT2D eigenvalue weighted by Gasteiger charge is -2.27. The molecule has 4 aromatic rings. The second-order valence-corrected chi connectivity index (χ2v) is 14.2. The van der Waals surface area contributed by atoms with Gasteiger partial charge in [0.25, 0.3) is 0 Å². The third kappa shape index (κ3) is 7.38. The van der Waals surface area contributed by atoms with E-state index in [0.29, 0.717) is 30.6 Å². The highest BCUT2D eigenvalue weighted by atomic mass is 32.2. The van der Waals surface area contributed by atoms with Crippen LogP contribution in [0.2, 0.25) is 0 Å². The van der Waals surface area contributed by atoms with Gasteiger partial charge in [0.05, 0.1) is 11.3 Å². The molecule has 1 heterocycles. The minimum absolute atomic E-state index is 0.0157. The number of hydrogen-bond donors (Lipinski definition) is 4. The molecule has 0 saturated carbocycles. The summed E-state index contributed by atoms with van der Waals surface area (Å²) in [5, 5.41) is 20.4. The van der Waals surface area contributed by atoms with E-state index >= 15 is 4.39 Å². The first-order chi connectivity index (χ1) is 22.5. The van der Waals surface area contributed by atoms with Crippen molar-refractivity contribution < 1.29 is 35.5 Å². The highest BCUT2D eigenvalue weighted by Crippen LogP contribution is 2.48.